The number of aromatic nitrogens is 2. The lowest BCUT2D eigenvalue weighted by Gasteiger charge is -2.20. The van der Waals surface area contributed by atoms with E-state index in [1.165, 1.54) is 7.11 Å². The van der Waals surface area contributed by atoms with E-state index < -0.39 is 15.6 Å². The second-order valence-corrected chi connectivity index (χ2v) is 11.5. The molecule has 0 saturated heterocycles. The first-order valence-corrected chi connectivity index (χ1v) is 13.6. The minimum Gasteiger partial charge on any atom is -0.741 e. The third-order valence-corrected chi connectivity index (χ3v) is 6.67. The lowest BCUT2D eigenvalue weighted by molar-refractivity contribution is -0.686. The van der Waals surface area contributed by atoms with Crippen molar-refractivity contribution in [2.75, 3.05) is 19.0 Å². The minimum absolute atomic E-state index is 0.181. The number of ether oxygens (including phenoxy) is 2. The third-order valence-electron chi connectivity index (χ3n) is 6.10. The van der Waals surface area contributed by atoms with Crippen LogP contribution in [-0.2, 0) is 19.6 Å². The molecule has 0 spiro atoms. The van der Waals surface area contributed by atoms with Gasteiger partial charge in [-0.05, 0) is 45.0 Å². The molecule has 0 fully saturated rings. The molecule has 1 unspecified atom stereocenters. The summed E-state index contributed by atoms with van der Waals surface area (Å²) in [5.41, 5.74) is -1.71. The maximum Gasteiger partial charge on any atom is 0.485 e. The van der Waals surface area contributed by atoms with E-state index in [4.69, 9.17) is 22.4 Å². The summed E-state index contributed by atoms with van der Waals surface area (Å²) in [6, 6.07) is 20.5. The largest absolute Gasteiger partial charge is 0.741 e. The van der Waals surface area contributed by atoms with E-state index in [0.29, 0.717) is 6.61 Å². The summed E-state index contributed by atoms with van der Waals surface area (Å²) in [4.78, 5) is 12.3. The zero-order chi connectivity index (χ0) is 29.5. The van der Waals surface area contributed by atoms with Gasteiger partial charge in [-0.1, -0.05) is 30.3 Å². The highest BCUT2D eigenvalue weighted by Crippen LogP contribution is 2.40. The molecule has 5 rings (SSSR count). The molecule has 214 valence electrons. The van der Waals surface area contributed by atoms with Crippen molar-refractivity contribution in [2.24, 2.45) is 0 Å². The SMILES string of the molecule is COC(=O)CC1COc2ccccc2-c2c(NC(C)(C)C)n3c4ccccc4ccc3[n+]21.O=S(=O)([O-])C(F)(F)F. The number of para-hydroxylation sites is 2. The summed E-state index contributed by atoms with van der Waals surface area (Å²) in [5, 5.41) is 4.90. The van der Waals surface area contributed by atoms with Gasteiger partial charge in [-0.3, -0.25) is 4.79 Å². The normalized spacial score (nSPS) is 15.2. The minimum atomic E-state index is -6.09. The Morgan fingerprint density at radius 1 is 1.10 bits per heavy atom. The molecular formula is C27H28F3N3O6S. The molecule has 0 amide bonds. The predicted molar refractivity (Wildman–Crippen MR) is 141 cm³/mol. The number of halogens is 3. The molecule has 13 heteroatoms. The molecule has 1 N–H and O–H groups in total. The fourth-order valence-electron chi connectivity index (χ4n) is 4.52. The molecule has 0 saturated carbocycles. The van der Waals surface area contributed by atoms with Gasteiger partial charge in [0.15, 0.2) is 10.1 Å². The second-order valence-electron chi connectivity index (χ2n) is 10.2. The zero-order valence-corrected chi connectivity index (χ0v) is 23.0. The van der Waals surface area contributed by atoms with Crippen LogP contribution in [0.15, 0.2) is 60.7 Å². The van der Waals surface area contributed by atoms with Gasteiger partial charge < -0.3 is 19.3 Å². The maximum atomic E-state index is 12.3. The van der Waals surface area contributed by atoms with Crippen LogP contribution in [-0.4, -0.2) is 48.1 Å². The van der Waals surface area contributed by atoms with Crippen LogP contribution >= 0.6 is 0 Å². The van der Waals surface area contributed by atoms with Gasteiger partial charge >= 0.3 is 11.5 Å². The summed E-state index contributed by atoms with van der Waals surface area (Å²) in [7, 11) is -4.66. The van der Waals surface area contributed by atoms with Crippen molar-refractivity contribution >= 4 is 38.5 Å². The van der Waals surface area contributed by atoms with E-state index in [2.05, 4.69) is 77.5 Å². The Kier molecular flexibility index (Phi) is 7.74. The summed E-state index contributed by atoms with van der Waals surface area (Å²) >= 11 is 0. The maximum absolute atomic E-state index is 12.3. The van der Waals surface area contributed by atoms with Crippen LogP contribution in [0.4, 0.5) is 19.0 Å². The van der Waals surface area contributed by atoms with Crippen molar-refractivity contribution in [1.82, 2.24) is 4.40 Å². The lowest BCUT2D eigenvalue weighted by Crippen LogP contribution is -2.44. The highest BCUT2D eigenvalue weighted by Gasteiger charge is 2.39. The number of fused-ring (bicyclic) bond motifs is 7. The van der Waals surface area contributed by atoms with Gasteiger partial charge in [0, 0.05) is 17.0 Å². The molecule has 4 aromatic rings. The summed E-state index contributed by atoms with van der Waals surface area (Å²) in [5.74, 6) is 1.54. The first kappa shape index (κ1) is 29.2. The lowest BCUT2D eigenvalue weighted by atomic mass is 10.1. The Bertz CT molecular complexity index is 1680. The zero-order valence-electron chi connectivity index (χ0n) is 22.2. The number of hydrogen-bond donors (Lipinski definition) is 1. The van der Waals surface area contributed by atoms with Gasteiger partial charge in [-0.2, -0.15) is 17.6 Å². The van der Waals surface area contributed by atoms with Crippen molar-refractivity contribution in [1.29, 1.82) is 0 Å². The molecular weight excluding hydrogens is 551 g/mol. The smallest absolute Gasteiger partial charge is 0.485 e. The first-order valence-electron chi connectivity index (χ1n) is 12.2. The Balaban J connectivity index is 0.000000406. The van der Waals surface area contributed by atoms with E-state index in [-0.39, 0.29) is 24.0 Å². The second kappa shape index (κ2) is 10.6. The predicted octanol–water partition coefficient (Wildman–Crippen LogP) is 4.81. The Labute approximate surface area is 228 Å². The Morgan fingerprint density at radius 3 is 2.35 bits per heavy atom. The van der Waals surface area contributed by atoms with E-state index in [9.17, 15) is 18.0 Å². The summed E-state index contributed by atoms with van der Waals surface area (Å²) in [6.07, 6.45) is 0.226. The molecule has 1 aliphatic heterocycles. The van der Waals surface area contributed by atoms with Crippen LogP contribution in [0.5, 0.6) is 5.75 Å². The van der Waals surface area contributed by atoms with Crippen LogP contribution in [0.2, 0.25) is 0 Å². The van der Waals surface area contributed by atoms with Crippen LogP contribution in [0.25, 0.3) is 27.8 Å². The monoisotopic (exact) mass is 579 g/mol. The number of imidazole rings is 1. The van der Waals surface area contributed by atoms with Crippen molar-refractivity contribution < 1.29 is 45.0 Å². The van der Waals surface area contributed by atoms with Crippen LogP contribution in [0.3, 0.4) is 0 Å². The molecule has 2 aromatic heterocycles. The molecule has 0 radical (unpaired) electrons. The number of alkyl halides is 3. The average molecular weight is 580 g/mol. The number of anilines is 1. The molecule has 2 aromatic carbocycles. The first-order chi connectivity index (χ1) is 18.6. The van der Waals surface area contributed by atoms with Gasteiger partial charge in [-0.15, -0.1) is 0 Å². The highest BCUT2D eigenvalue weighted by atomic mass is 32.2. The van der Waals surface area contributed by atoms with Crippen LogP contribution < -0.4 is 14.6 Å². The number of pyridine rings is 1. The van der Waals surface area contributed by atoms with Gasteiger partial charge in [-0.25, -0.2) is 13.0 Å². The van der Waals surface area contributed by atoms with E-state index in [1.807, 2.05) is 18.2 Å². The number of nitrogens with zero attached hydrogens (tertiary/aromatic N) is 2. The van der Waals surface area contributed by atoms with Crippen molar-refractivity contribution in [3.05, 3.63) is 60.7 Å². The summed E-state index contributed by atoms with van der Waals surface area (Å²) < 4.78 is 74.6. The van der Waals surface area contributed by atoms with E-state index >= 15 is 0 Å². The quantitative estimate of drug-likeness (QED) is 0.161. The van der Waals surface area contributed by atoms with Crippen LogP contribution in [0, 0.1) is 0 Å². The Hall–Kier alpha value is -3.84. The molecule has 0 bridgehead atoms. The number of rotatable bonds is 3. The van der Waals surface area contributed by atoms with Gasteiger partial charge in [0.1, 0.15) is 23.9 Å². The topological polar surface area (TPSA) is 113 Å². The van der Waals surface area contributed by atoms with Crippen LogP contribution in [0.1, 0.15) is 33.2 Å². The standard InChI is InChI=1S/C26H28N3O3.CHF3O3S/c1-26(2,3)27-25-24-19-10-6-8-12-21(19)32-16-18(15-23(30)31-4)28(24)22-14-13-17-9-5-7-11-20(17)29(22)25;2-1(3,4)8(5,6)7/h5-14,18,27H,15-16H2,1-4H3;(H,5,6,7)/q+1;/p-1. The summed E-state index contributed by atoms with van der Waals surface area (Å²) in [6.45, 7) is 6.84. The molecule has 1 aliphatic rings. The van der Waals surface area contributed by atoms with Gasteiger partial charge in [0.05, 0.1) is 19.1 Å². The van der Waals surface area contributed by atoms with Gasteiger partial charge in [0.2, 0.25) is 11.5 Å². The Morgan fingerprint density at radius 2 is 1.73 bits per heavy atom. The number of esters is 1. The average Bonchev–Trinajstić information content (AvgIpc) is 3.08. The number of nitrogens with one attached hydrogen (secondary N) is 1. The molecule has 40 heavy (non-hydrogen) atoms. The fraction of sp³-hybridized carbons (Fsp3) is 0.333. The number of benzene rings is 2. The number of carbonyl (C=O) groups is 1. The fourth-order valence-corrected chi connectivity index (χ4v) is 4.52. The number of hydrogen-bond acceptors (Lipinski definition) is 7. The molecule has 3 heterocycles. The highest BCUT2D eigenvalue weighted by molar-refractivity contribution is 7.86. The van der Waals surface area contributed by atoms with Gasteiger partial charge in [0.25, 0.3) is 5.65 Å². The van der Waals surface area contributed by atoms with Crippen molar-refractivity contribution in [2.45, 2.75) is 44.3 Å². The third kappa shape index (κ3) is 5.85. The molecule has 9 nitrogen and oxygen atoms in total. The van der Waals surface area contributed by atoms with E-state index in [0.717, 1.165) is 39.4 Å². The van der Waals surface area contributed by atoms with Crippen molar-refractivity contribution in [3.8, 4) is 17.0 Å². The molecule has 0 aliphatic carbocycles. The van der Waals surface area contributed by atoms with Crippen molar-refractivity contribution in [3.63, 3.8) is 0 Å². The number of carbonyl (C=O) groups excluding carboxylic acids is 1. The van der Waals surface area contributed by atoms with E-state index in [1.54, 1.807) is 0 Å². The molecule has 1 atom stereocenters. The number of methoxy groups -OCH3 is 1.